The van der Waals surface area contributed by atoms with Crippen LogP contribution in [0, 0.1) is 18.8 Å². The molecule has 150 valence electrons. The van der Waals surface area contributed by atoms with E-state index in [0.29, 0.717) is 11.8 Å². The summed E-state index contributed by atoms with van der Waals surface area (Å²) in [6.07, 6.45) is 8.06. The standard InChI is InChI=1S/C26H30N2O/c1-16-8-10-17(11-9-16)26(29)27-20-12-23-21-6-2-4-18(21)14-28-15-19-5-3-7-22(19)24(13-20)25(23)28/h8-13,18-19,21-22H,2-7,14-15H2,1H3,(H,27,29)/t18-,19-,21-,22-/m1/s1. The molecule has 2 aliphatic heterocycles. The first-order valence-corrected chi connectivity index (χ1v) is 11.5. The van der Waals surface area contributed by atoms with Gasteiger partial charge in [-0.25, -0.2) is 0 Å². The Balaban J connectivity index is 1.41. The summed E-state index contributed by atoms with van der Waals surface area (Å²) in [5, 5.41) is 3.24. The van der Waals surface area contributed by atoms with Crippen molar-refractivity contribution in [1.29, 1.82) is 0 Å². The van der Waals surface area contributed by atoms with Crippen molar-refractivity contribution in [2.45, 2.75) is 57.3 Å². The summed E-state index contributed by atoms with van der Waals surface area (Å²) in [6.45, 7) is 4.56. The minimum Gasteiger partial charge on any atom is -0.370 e. The second-order valence-electron chi connectivity index (χ2n) is 9.82. The highest BCUT2D eigenvalue weighted by Gasteiger charge is 2.44. The van der Waals surface area contributed by atoms with E-state index < -0.39 is 0 Å². The fourth-order valence-electron chi connectivity index (χ4n) is 6.74. The summed E-state index contributed by atoms with van der Waals surface area (Å²) in [7, 11) is 0. The van der Waals surface area contributed by atoms with Crippen LogP contribution in [0.3, 0.4) is 0 Å². The van der Waals surface area contributed by atoms with E-state index in [4.69, 9.17) is 0 Å². The van der Waals surface area contributed by atoms with E-state index in [1.165, 1.54) is 68.3 Å². The lowest BCUT2D eigenvalue weighted by Crippen LogP contribution is -2.43. The SMILES string of the molecule is Cc1ccc(C(=O)Nc2cc3c4c(c2)[C@@H]2CCC[C@@H]2CN4C[C@H]2CCC[C@@H]32)cc1. The van der Waals surface area contributed by atoms with Gasteiger partial charge in [-0.1, -0.05) is 30.5 Å². The Bertz CT molecular complexity index is 918. The number of benzene rings is 2. The van der Waals surface area contributed by atoms with E-state index in [2.05, 4.69) is 29.3 Å². The van der Waals surface area contributed by atoms with Crippen LogP contribution in [0.2, 0.25) is 0 Å². The zero-order chi connectivity index (χ0) is 19.5. The number of nitrogens with zero attached hydrogens (tertiary/aromatic N) is 1. The molecule has 2 aliphatic carbocycles. The molecule has 0 unspecified atom stereocenters. The monoisotopic (exact) mass is 386 g/mol. The Morgan fingerprint density at radius 2 is 1.48 bits per heavy atom. The van der Waals surface area contributed by atoms with Gasteiger partial charge in [0.15, 0.2) is 0 Å². The van der Waals surface area contributed by atoms with Crippen molar-refractivity contribution in [2.24, 2.45) is 11.8 Å². The predicted molar refractivity (Wildman–Crippen MR) is 118 cm³/mol. The topological polar surface area (TPSA) is 32.3 Å². The van der Waals surface area contributed by atoms with Crippen molar-refractivity contribution >= 4 is 17.3 Å². The average Bonchev–Trinajstić information content (AvgIpc) is 3.38. The zero-order valence-electron chi connectivity index (χ0n) is 17.3. The summed E-state index contributed by atoms with van der Waals surface area (Å²) in [6, 6.07) is 12.5. The van der Waals surface area contributed by atoms with Crippen molar-refractivity contribution in [3.63, 3.8) is 0 Å². The van der Waals surface area contributed by atoms with Gasteiger partial charge in [0.1, 0.15) is 0 Å². The van der Waals surface area contributed by atoms with Crippen molar-refractivity contribution < 1.29 is 4.79 Å². The van der Waals surface area contributed by atoms with Crippen LogP contribution in [0.25, 0.3) is 0 Å². The molecule has 3 nitrogen and oxygen atoms in total. The summed E-state index contributed by atoms with van der Waals surface area (Å²) < 4.78 is 0. The van der Waals surface area contributed by atoms with Crippen LogP contribution >= 0.6 is 0 Å². The number of nitrogens with one attached hydrogen (secondary N) is 1. The lowest BCUT2D eigenvalue weighted by Gasteiger charge is -2.46. The van der Waals surface area contributed by atoms with Gasteiger partial charge in [0.25, 0.3) is 5.91 Å². The van der Waals surface area contributed by atoms with Gasteiger partial charge in [0.2, 0.25) is 0 Å². The Hall–Kier alpha value is -2.29. The maximum absolute atomic E-state index is 12.9. The van der Waals surface area contributed by atoms with Crippen LogP contribution in [0.1, 0.15) is 77.4 Å². The van der Waals surface area contributed by atoms with Crippen LogP contribution in [0.4, 0.5) is 11.4 Å². The quantitative estimate of drug-likeness (QED) is 0.702. The third kappa shape index (κ3) is 2.81. The summed E-state index contributed by atoms with van der Waals surface area (Å²) >= 11 is 0. The number of carbonyl (C=O) groups is 1. The third-order valence-corrected chi connectivity index (χ3v) is 8.08. The molecule has 0 bridgehead atoms. The smallest absolute Gasteiger partial charge is 0.255 e. The molecule has 2 aromatic rings. The van der Waals surface area contributed by atoms with Crippen LogP contribution in [-0.4, -0.2) is 19.0 Å². The molecule has 1 amide bonds. The lowest BCUT2D eigenvalue weighted by molar-refractivity contribution is 0.102. The molecule has 4 aliphatic rings. The lowest BCUT2D eigenvalue weighted by atomic mass is 9.75. The molecule has 1 N–H and O–H groups in total. The van der Waals surface area contributed by atoms with Gasteiger partial charge in [-0.3, -0.25) is 4.79 Å². The molecule has 29 heavy (non-hydrogen) atoms. The van der Waals surface area contributed by atoms with Crippen molar-refractivity contribution in [2.75, 3.05) is 23.3 Å². The second-order valence-corrected chi connectivity index (χ2v) is 9.82. The van der Waals surface area contributed by atoms with Crippen LogP contribution < -0.4 is 10.2 Å². The molecular formula is C26H30N2O. The summed E-state index contributed by atoms with van der Waals surface area (Å²) in [4.78, 5) is 15.6. The maximum Gasteiger partial charge on any atom is 0.255 e. The van der Waals surface area contributed by atoms with E-state index in [-0.39, 0.29) is 5.91 Å². The Kier molecular flexibility index (Phi) is 4.01. The number of fused-ring (bicyclic) bond motifs is 4. The second kappa shape index (κ2) is 6.62. The van der Waals surface area contributed by atoms with Crippen molar-refractivity contribution in [3.8, 4) is 0 Å². The largest absolute Gasteiger partial charge is 0.370 e. The Labute approximate surface area is 173 Å². The number of hydrogen-bond acceptors (Lipinski definition) is 2. The molecule has 4 atom stereocenters. The molecule has 2 fully saturated rings. The highest BCUT2D eigenvalue weighted by atomic mass is 16.1. The van der Waals surface area contributed by atoms with E-state index in [0.717, 1.165) is 23.1 Å². The average molecular weight is 387 g/mol. The van der Waals surface area contributed by atoms with E-state index in [1.807, 2.05) is 24.3 Å². The van der Waals surface area contributed by atoms with Crippen molar-refractivity contribution in [3.05, 3.63) is 58.7 Å². The highest BCUT2D eigenvalue weighted by Crippen LogP contribution is 2.56. The summed E-state index contributed by atoms with van der Waals surface area (Å²) in [5.74, 6) is 2.99. The Morgan fingerprint density at radius 3 is 2.07 bits per heavy atom. The van der Waals surface area contributed by atoms with Gasteiger partial charge in [-0.2, -0.15) is 0 Å². The minimum atomic E-state index is 0.00608. The van der Waals surface area contributed by atoms with Crippen LogP contribution in [-0.2, 0) is 0 Å². The molecule has 2 saturated carbocycles. The molecule has 2 heterocycles. The van der Waals surface area contributed by atoms with Gasteiger partial charge in [-0.15, -0.1) is 0 Å². The molecule has 6 rings (SSSR count). The van der Waals surface area contributed by atoms with Gasteiger partial charge >= 0.3 is 0 Å². The van der Waals surface area contributed by atoms with E-state index in [9.17, 15) is 4.79 Å². The number of hydrogen-bond donors (Lipinski definition) is 1. The van der Waals surface area contributed by atoms with E-state index >= 15 is 0 Å². The fraction of sp³-hybridized carbons (Fsp3) is 0.500. The molecule has 0 radical (unpaired) electrons. The maximum atomic E-state index is 12.9. The third-order valence-electron chi connectivity index (χ3n) is 8.08. The van der Waals surface area contributed by atoms with Crippen molar-refractivity contribution in [1.82, 2.24) is 0 Å². The first-order valence-electron chi connectivity index (χ1n) is 11.5. The molecule has 0 aromatic heterocycles. The van der Waals surface area contributed by atoms with E-state index in [1.54, 1.807) is 5.69 Å². The fourth-order valence-corrected chi connectivity index (χ4v) is 6.74. The first-order chi connectivity index (χ1) is 14.2. The predicted octanol–water partition coefficient (Wildman–Crippen LogP) is 5.85. The number of rotatable bonds is 2. The first kappa shape index (κ1) is 17.6. The molecular weight excluding hydrogens is 356 g/mol. The highest BCUT2D eigenvalue weighted by molar-refractivity contribution is 6.04. The number of anilines is 2. The number of aryl methyl sites for hydroxylation is 1. The van der Waals surface area contributed by atoms with Crippen LogP contribution in [0.15, 0.2) is 36.4 Å². The van der Waals surface area contributed by atoms with Gasteiger partial charge in [0, 0.05) is 30.0 Å². The normalized spacial score (nSPS) is 29.2. The number of carbonyl (C=O) groups excluding carboxylic acids is 1. The minimum absolute atomic E-state index is 0.00608. The molecule has 0 saturated heterocycles. The molecule has 3 heteroatoms. The summed E-state index contributed by atoms with van der Waals surface area (Å²) in [5.41, 5.74) is 7.52. The van der Waals surface area contributed by atoms with Gasteiger partial charge < -0.3 is 10.2 Å². The Morgan fingerprint density at radius 1 is 0.897 bits per heavy atom. The van der Waals surface area contributed by atoms with Gasteiger partial charge in [0.05, 0.1) is 0 Å². The zero-order valence-corrected chi connectivity index (χ0v) is 17.3. The van der Waals surface area contributed by atoms with Crippen LogP contribution in [0.5, 0.6) is 0 Å². The molecule has 2 aromatic carbocycles. The number of amides is 1. The molecule has 0 spiro atoms. The van der Waals surface area contributed by atoms with Gasteiger partial charge in [-0.05, 0) is 91.7 Å².